The molecule has 0 aliphatic heterocycles. The number of anilines is 1. The Morgan fingerprint density at radius 1 is 1.37 bits per heavy atom. The molecule has 4 nitrogen and oxygen atoms in total. The smallest absolute Gasteiger partial charge is 0.253 e. The molecular weight excluding hydrogens is 258 g/mol. The van der Waals surface area contributed by atoms with Crippen LogP contribution in [0.3, 0.4) is 0 Å². The molecule has 1 aromatic rings. The van der Waals surface area contributed by atoms with E-state index in [9.17, 15) is 4.79 Å². The third-order valence-corrected chi connectivity index (χ3v) is 3.39. The molecule has 0 spiro atoms. The fourth-order valence-corrected chi connectivity index (χ4v) is 1.80. The van der Waals surface area contributed by atoms with Crippen LogP contribution in [-0.4, -0.2) is 43.5 Å². The van der Waals surface area contributed by atoms with Crippen LogP contribution in [0.5, 0.6) is 0 Å². The van der Waals surface area contributed by atoms with Crippen molar-refractivity contribution >= 4 is 28.8 Å². The van der Waals surface area contributed by atoms with Crippen molar-refractivity contribution in [3.8, 4) is 0 Å². The van der Waals surface area contributed by atoms with Crippen molar-refractivity contribution in [2.45, 2.75) is 6.92 Å². The predicted molar refractivity (Wildman–Crippen MR) is 83.7 cm³/mol. The summed E-state index contributed by atoms with van der Waals surface area (Å²) in [5, 5.41) is 0. The molecule has 1 atom stereocenters. The van der Waals surface area contributed by atoms with Crippen molar-refractivity contribution in [2.24, 2.45) is 11.7 Å². The number of thiocarbonyl (C=S) groups is 1. The van der Waals surface area contributed by atoms with Gasteiger partial charge in [-0.3, -0.25) is 4.79 Å². The van der Waals surface area contributed by atoms with Crippen LogP contribution in [-0.2, 0) is 0 Å². The van der Waals surface area contributed by atoms with E-state index in [2.05, 4.69) is 0 Å². The van der Waals surface area contributed by atoms with Gasteiger partial charge >= 0.3 is 0 Å². The number of hydrogen-bond donors (Lipinski definition) is 1. The summed E-state index contributed by atoms with van der Waals surface area (Å²) in [5.74, 6) is -0.00668. The average Bonchev–Trinajstić information content (AvgIpc) is 2.37. The van der Waals surface area contributed by atoms with Crippen LogP contribution in [0, 0.1) is 5.92 Å². The molecular formula is C14H21N3OS. The molecule has 5 heteroatoms. The van der Waals surface area contributed by atoms with Gasteiger partial charge in [0, 0.05) is 44.9 Å². The minimum absolute atomic E-state index is 0.0148. The van der Waals surface area contributed by atoms with E-state index in [0.29, 0.717) is 17.1 Å². The Balaban J connectivity index is 2.82. The lowest BCUT2D eigenvalue weighted by molar-refractivity contribution is 0.0787. The van der Waals surface area contributed by atoms with E-state index >= 15 is 0 Å². The third-order valence-electron chi connectivity index (χ3n) is 2.99. The van der Waals surface area contributed by atoms with Crippen molar-refractivity contribution < 1.29 is 4.79 Å². The van der Waals surface area contributed by atoms with Crippen LogP contribution in [0.1, 0.15) is 17.3 Å². The number of hydrogen-bond acceptors (Lipinski definition) is 3. The largest absolute Gasteiger partial charge is 0.393 e. The number of benzene rings is 1. The minimum Gasteiger partial charge on any atom is -0.393 e. The number of carbonyl (C=O) groups is 1. The van der Waals surface area contributed by atoms with E-state index < -0.39 is 0 Å². The molecule has 0 radical (unpaired) electrons. The van der Waals surface area contributed by atoms with Gasteiger partial charge in [-0.2, -0.15) is 0 Å². The molecule has 2 N–H and O–H groups in total. The number of nitrogens with two attached hydrogens (primary N) is 1. The van der Waals surface area contributed by atoms with Crippen LogP contribution >= 0.6 is 12.2 Å². The van der Waals surface area contributed by atoms with Crippen LogP contribution in [0.15, 0.2) is 24.3 Å². The lowest BCUT2D eigenvalue weighted by Crippen LogP contribution is -2.35. The summed E-state index contributed by atoms with van der Waals surface area (Å²) in [5.41, 5.74) is 7.25. The maximum atomic E-state index is 12.3. The molecule has 0 saturated carbocycles. The molecule has 1 unspecified atom stereocenters. The molecule has 0 saturated heterocycles. The second kappa shape index (κ2) is 6.52. The van der Waals surface area contributed by atoms with Gasteiger partial charge < -0.3 is 15.5 Å². The van der Waals surface area contributed by atoms with Gasteiger partial charge in [0.25, 0.3) is 5.91 Å². The molecule has 1 amide bonds. The summed E-state index contributed by atoms with van der Waals surface area (Å²) >= 11 is 4.93. The molecule has 1 aromatic carbocycles. The number of rotatable bonds is 5. The Morgan fingerprint density at radius 3 is 2.53 bits per heavy atom. The first kappa shape index (κ1) is 15.4. The summed E-state index contributed by atoms with van der Waals surface area (Å²) in [6, 6.07) is 7.54. The summed E-state index contributed by atoms with van der Waals surface area (Å²) < 4.78 is 0. The van der Waals surface area contributed by atoms with Gasteiger partial charge in [-0.05, 0) is 18.2 Å². The summed E-state index contributed by atoms with van der Waals surface area (Å²) in [6.45, 7) is 2.45. The lowest BCUT2D eigenvalue weighted by atomic mass is 10.1. The van der Waals surface area contributed by atoms with Crippen molar-refractivity contribution in [3.05, 3.63) is 29.8 Å². The highest BCUT2D eigenvalue weighted by molar-refractivity contribution is 7.80. The fraction of sp³-hybridized carbons (Fsp3) is 0.429. The monoisotopic (exact) mass is 279 g/mol. The van der Waals surface area contributed by atoms with Crippen molar-refractivity contribution in [1.82, 2.24) is 4.90 Å². The van der Waals surface area contributed by atoms with E-state index in [4.69, 9.17) is 18.0 Å². The Morgan fingerprint density at radius 2 is 2.00 bits per heavy atom. The average molecular weight is 279 g/mol. The zero-order valence-electron chi connectivity index (χ0n) is 11.9. The van der Waals surface area contributed by atoms with Crippen molar-refractivity contribution in [1.29, 1.82) is 0 Å². The Labute approximate surface area is 120 Å². The Bertz CT molecular complexity index is 474. The van der Waals surface area contributed by atoms with Crippen LogP contribution in [0.25, 0.3) is 0 Å². The lowest BCUT2D eigenvalue weighted by Gasteiger charge is -2.22. The summed E-state index contributed by atoms with van der Waals surface area (Å²) in [7, 11) is 5.66. The minimum atomic E-state index is -0.0215. The highest BCUT2D eigenvalue weighted by Gasteiger charge is 2.16. The second-order valence-corrected chi connectivity index (χ2v) is 5.41. The first-order valence-corrected chi connectivity index (χ1v) is 6.56. The fourth-order valence-electron chi connectivity index (χ4n) is 1.72. The third kappa shape index (κ3) is 4.21. The summed E-state index contributed by atoms with van der Waals surface area (Å²) in [4.78, 5) is 16.4. The molecule has 0 bridgehead atoms. The number of nitrogens with zero attached hydrogens (tertiary/aromatic N) is 2. The van der Waals surface area contributed by atoms with Crippen LogP contribution in [0.4, 0.5) is 5.69 Å². The zero-order valence-corrected chi connectivity index (χ0v) is 12.7. The maximum absolute atomic E-state index is 12.3. The van der Waals surface area contributed by atoms with Gasteiger partial charge in [0.15, 0.2) is 0 Å². The van der Waals surface area contributed by atoms with E-state index in [1.807, 2.05) is 50.2 Å². The maximum Gasteiger partial charge on any atom is 0.253 e. The van der Waals surface area contributed by atoms with E-state index in [-0.39, 0.29) is 11.8 Å². The molecule has 19 heavy (non-hydrogen) atoms. The SMILES string of the molecule is CC(CN(C)C(=O)c1cccc(N(C)C)c1)C(N)=S. The van der Waals surface area contributed by atoms with Gasteiger partial charge in [-0.1, -0.05) is 25.2 Å². The molecule has 0 aliphatic rings. The molecule has 104 valence electrons. The van der Waals surface area contributed by atoms with Crippen LogP contribution < -0.4 is 10.6 Å². The Kier molecular flexibility index (Phi) is 5.30. The normalized spacial score (nSPS) is 11.8. The molecule has 0 heterocycles. The van der Waals surface area contributed by atoms with Gasteiger partial charge in [0.05, 0.1) is 4.99 Å². The van der Waals surface area contributed by atoms with Gasteiger partial charge in [-0.25, -0.2) is 0 Å². The van der Waals surface area contributed by atoms with E-state index in [0.717, 1.165) is 5.69 Å². The molecule has 0 fully saturated rings. The number of carbonyl (C=O) groups excluding carboxylic acids is 1. The van der Waals surface area contributed by atoms with Gasteiger partial charge in [0.2, 0.25) is 0 Å². The van der Waals surface area contributed by atoms with E-state index in [1.165, 1.54) is 0 Å². The van der Waals surface area contributed by atoms with Crippen molar-refractivity contribution in [2.75, 3.05) is 32.6 Å². The first-order chi connectivity index (χ1) is 8.82. The highest BCUT2D eigenvalue weighted by Crippen LogP contribution is 2.15. The van der Waals surface area contributed by atoms with Crippen molar-refractivity contribution in [3.63, 3.8) is 0 Å². The topological polar surface area (TPSA) is 49.6 Å². The molecule has 0 aliphatic carbocycles. The predicted octanol–water partition coefficient (Wildman–Crippen LogP) is 1.75. The Hall–Kier alpha value is -1.62. The summed E-state index contributed by atoms with van der Waals surface area (Å²) in [6.07, 6.45) is 0. The molecule has 0 aromatic heterocycles. The van der Waals surface area contributed by atoms with E-state index in [1.54, 1.807) is 11.9 Å². The molecule has 1 rings (SSSR count). The zero-order chi connectivity index (χ0) is 14.6. The quantitative estimate of drug-likeness (QED) is 0.834. The standard InChI is InChI=1S/C14H21N3OS/c1-10(13(15)19)9-17(4)14(18)11-6-5-7-12(8-11)16(2)3/h5-8,10H,9H2,1-4H3,(H2,15,19). The first-order valence-electron chi connectivity index (χ1n) is 6.15. The van der Waals surface area contributed by atoms with Crippen LogP contribution in [0.2, 0.25) is 0 Å². The second-order valence-electron chi connectivity index (χ2n) is 4.93. The van der Waals surface area contributed by atoms with Gasteiger partial charge in [0.1, 0.15) is 0 Å². The van der Waals surface area contributed by atoms with Gasteiger partial charge in [-0.15, -0.1) is 0 Å². The number of amides is 1. The highest BCUT2D eigenvalue weighted by atomic mass is 32.1.